The Morgan fingerprint density at radius 1 is 1.06 bits per heavy atom. The minimum atomic E-state index is -0.582. The van der Waals surface area contributed by atoms with Gasteiger partial charge in [-0.15, -0.1) is 0 Å². The van der Waals surface area contributed by atoms with E-state index in [1.807, 2.05) is 0 Å². The van der Waals surface area contributed by atoms with Crippen LogP contribution in [0, 0.1) is 5.82 Å². The highest BCUT2D eigenvalue weighted by molar-refractivity contribution is 5.98. The van der Waals surface area contributed by atoms with E-state index in [2.05, 4.69) is 20.5 Å². The first-order chi connectivity index (χ1) is 15.5. The quantitative estimate of drug-likeness (QED) is 0.552. The van der Waals surface area contributed by atoms with Crippen molar-refractivity contribution in [2.75, 3.05) is 19.6 Å². The molecule has 32 heavy (non-hydrogen) atoms. The molecule has 8 heteroatoms. The maximum atomic E-state index is 13.0. The number of likely N-dealkylation sites (tertiary alicyclic amines) is 1. The fourth-order valence-corrected chi connectivity index (χ4v) is 3.95. The van der Waals surface area contributed by atoms with Gasteiger partial charge in [0.2, 0.25) is 11.3 Å². The Hall–Kier alpha value is -3.52. The lowest BCUT2D eigenvalue weighted by atomic mass is 10.0. The van der Waals surface area contributed by atoms with Gasteiger partial charge in [-0.3, -0.25) is 19.3 Å². The molecule has 1 aliphatic heterocycles. The van der Waals surface area contributed by atoms with Gasteiger partial charge in [-0.1, -0.05) is 24.3 Å². The number of rotatable bonds is 6. The van der Waals surface area contributed by atoms with E-state index in [-0.39, 0.29) is 35.3 Å². The summed E-state index contributed by atoms with van der Waals surface area (Å²) in [5.74, 6) is -1.11. The topological polar surface area (TPSA) is 94.3 Å². The third-order valence-corrected chi connectivity index (χ3v) is 5.71. The Morgan fingerprint density at radius 2 is 1.78 bits per heavy atom. The van der Waals surface area contributed by atoms with Gasteiger partial charge in [-0.05, 0) is 42.7 Å². The number of hydrogen-bond donors (Lipinski definition) is 3. The van der Waals surface area contributed by atoms with Crippen LogP contribution in [0.15, 0.2) is 59.5 Å². The predicted octanol–water partition coefficient (Wildman–Crippen LogP) is 2.18. The molecule has 1 aliphatic rings. The zero-order valence-corrected chi connectivity index (χ0v) is 17.6. The number of benzene rings is 2. The Morgan fingerprint density at radius 3 is 2.53 bits per heavy atom. The number of nitrogens with one attached hydrogen (secondary N) is 3. The standard InChI is InChI=1S/C24H25FN4O3/c25-17-7-5-16(6-8-17)15-29-11-9-18(10-12-29)28-22(30)14-27-24(32)20-13-26-21-4-2-1-3-19(21)23(20)31/h1-8,13,18H,9-12,14-15H2,(H,26,31)(H,27,32)(H,28,30). The van der Waals surface area contributed by atoms with Gasteiger partial charge in [0.25, 0.3) is 5.91 Å². The highest BCUT2D eigenvalue weighted by Gasteiger charge is 2.21. The van der Waals surface area contributed by atoms with Crippen LogP contribution < -0.4 is 16.1 Å². The number of aromatic nitrogens is 1. The SMILES string of the molecule is O=C(CNC(=O)c1c[nH]c2ccccc2c1=O)NC1CCN(Cc2ccc(F)cc2)CC1. The first-order valence-electron chi connectivity index (χ1n) is 10.6. The molecule has 0 atom stereocenters. The third-order valence-electron chi connectivity index (χ3n) is 5.71. The summed E-state index contributed by atoms with van der Waals surface area (Å²) in [5, 5.41) is 5.90. The number of nitrogens with zero attached hydrogens (tertiary/aromatic N) is 1. The lowest BCUT2D eigenvalue weighted by Crippen LogP contribution is -2.47. The third kappa shape index (κ3) is 5.20. The minimum absolute atomic E-state index is 0.0226. The molecule has 1 saturated heterocycles. The molecule has 166 valence electrons. The van der Waals surface area contributed by atoms with Crippen LogP contribution in [0.25, 0.3) is 10.9 Å². The van der Waals surface area contributed by atoms with E-state index >= 15 is 0 Å². The second-order valence-electron chi connectivity index (χ2n) is 8.00. The predicted molar refractivity (Wildman–Crippen MR) is 120 cm³/mol. The molecule has 3 N–H and O–H groups in total. The van der Waals surface area contributed by atoms with E-state index in [4.69, 9.17) is 0 Å². The Labute approximate surface area is 184 Å². The molecule has 1 aromatic heterocycles. The summed E-state index contributed by atoms with van der Waals surface area (Å²) in [4.78, 5) is 42.4. The molecule has 3 aromatic rings. The van der Waals surface area contributed by atoms with Crippen molar-refractivity contribution in [3.05, 3.63) is 81.9 Å². The number of fused-ring (bicyclic) bond motifs is 1. The lowest BCUT2D eigenvalue weighted by molar-refractivity contribution is -0.121. The van der Waals surface area contributed by atoms with E-state index in [0.717, 1.165) is 38.0 Å². The maximum absolute atomic E-state index is 13.0. The van der Waals surface area contributed by atoms with Gasteiger partial charge in [0.05, 0.1) is 6.54 Å². The number of carbonyl (C=O) groups is 2. The van der Waals surface area contributed by atoms with Crippen molar-refractivity contribution in [2.45, 2.75) is 25.4 Å². The highest BCUT2D eigenvalue weighted by atomic mass is 19.1. The van der Waals surface area contributed by atoms with E-state index < -0.39 is 5.91 Å². The summed E-state index contributed by atoms with van der Waals surface area (Å²) < 4.78 is 13.0. The molecule has 0 unspecified atom stereocenters. The number of piperidine rings is 1. The maximum Gasteiger partial charge on any atom is 0.257 e. The molecule has 0 bridgehead atoms. The Bertz CT molecular complexity index is 1170. The van der Waals surface area contributed by atoms with Crippen LogP contribution >= 0.6 is 0 Å². The fourth-order valence-electron chi connectivity index (χ4n) is 3.95. The van der Waals surface area contributed by atoms with Gasteiger partial charge in [-0.2, -0.15) is 0 Å². The number of aromatic amines is 1. The van der Waals surface area contributed by atoms with Gasteiger partial charge in [0.15, 0.2) is 0 Å². The second-order valence-corrected chi connectivity index (χ2v) is 8.00. The van der Waals surface area contributed by atoms with E-state index in [9.17, 15) is 18.8 Å². The summed E-state index contributed by atoms with van der Waals surface area (Å²) in [7, 11) is 0. The molecule has 0 radical (unpaired) electrons. The van der Waals surface area contributed by atoms with E-state index in [0.29, 0.717) is 10.9 Å². The van der Waals surface area contributed by atoms with E-state index in [1.165, 1.54) is 18.3 Å². The Balaban J connectivity index is 1.23. The van der Waals surface area contributed by atoms with Gasteiger partial charge in [0, 0.05) is 42.8 Å². The molecule has 4 rings (SSSR count). The number of para-hydroxylation sites is 1. The number of carbonyl (C=O) groups excluding carboxylic acids is 2. The highest BCUT2D eigenvalue weighted by Crippen LogP contribution is 2.14. The average Bonchev–Trinajstić information content (AvgIpc) is 2.81. The van der Waals surface area contributed by atoms with Crippen LogP contribution in [0.1, 0.15) is 28.8 Å². The second kappa shape index (κ2) is 9.74. The number of H-pyrrole nitrogens is 1. The van der Waals surface area contributed by atoms with Crippen LogP contribution in [-0.2, 0) is 11.3 Å². The summed E-state index contributed by atoms with van der Waals surface area (Å²) >= 11 is 0. The normalized spacial score (nSPS) is 14.9. The van der Waals surface area contributed by atoms with Gasteiger partial charge >= 0.3 is 0 Å². The summed E-state index contributed by atoms with van der Waals surface area (Å²) in [6.45, 7) is 2.19. The van der Waals surface area contributed by atoms with Crippen molar-refractivity contribution in [1.29, 1.82) is 0 Å². The monoisotopic (exact) mass is 436 g/mol. The van der Waals surface area contributed by atoms with Crippen LogP contribution in [0.3, 0.4) is 0 Å². The molecule has 7 nitrogen and oxygen atoms in total. The van der Waals surface area contributed by atoms with E-state index in [1.54, 1.807) is 36.4 Å². The van der Waals surface area contributed by atoms with Crippen LogP contribution in [-0.4, -0.2) is 47.4 Å². The van der Waals surface area contributed by atoms with Crippen molar-refractivity contribution in [3.8, 4) is 0 Å². The first kappa shape index (κ1) is 21.7. The number of amides is 2. The molecule has 0 spiro atoms. The van der Waals surface area contributed by atoms with Crippen molar-refractivity contribution in [1.82, 2.24) is 20.5 Å². The smallest absolute Gasteiger partial charge is 0.257 e. The average molecular weight is 436 g/mol. The molecular weight excluding hydrogens is 411 g/mol. The van der Waals surface area contributed by atoms with Crippen molar-refractivity contribution >= 4 is 22.7 Å². The largest absolute Gasteiger partial charge is 0.360 e. The van der Waals surface area contributed by atoms with Gasteiger partial charge < -0.3 is 15.6 Å². The summed E-state index contributed by atoms with van der Waals surface area (Å²) in [6.07, 6.45) is 2.96. The zero-order chi connectivity index (χ0) is 22.5. The van der Waals surface area contributed by atoms with Crippen LogP contribution in [0.4, 0.5) is 4.39 Å². The van der Waals surface area contributed by atoms with Crippen molar-refractivity contribution in [3.63, 3.8) is 0 Å². The lowest BCUT2D eigenvalue weighted by Gasteiger charge is -2.32. The number of halogens is 1. The molecule has 2 heterocycles. The Kier molecular flexibility index (Phi) is 6.61. The van der Waals surface area contributed by atoms with Crippen molar-refractivity contribution < 1.29 is 14.0 Å². The van der Waals surface area contributed by atoms with Crippen LogP contribution in [0.5, 0.6) is 0 Å². The summed E-state index contributed by atoms with van der Waals surface area (Å²) in [6, 6.07) is 13.5. The van der Waals surface area contributed by atoms with Gasteiger partial charge in [0.1, 0.15) is 11.4 Å². The van der Waals surface area contributed by atoms with Crippen molar-refractivity contribution in [2.24, 2.45) is 0 Å². The molecular formula is C24H25FN4O3. The number of pyridine rings is 1. The van der Waals surface area contributed by atoms with Crippen LogP contribution in [0.2, 0.25) is 0 Å². The van der Waals surface area contributed by atoms with Gasteiger partial charge in [-0.25, -0.2) is 4.39 Å². The summed E-state index contributed by atoms with van der Waals surface area (Å²) in [5.41, 5.74) is 1.31. The molecule has 0 saturated carbocycles. The fraction of sp³-hybridized carbons (Fsp3) is 0.292. The molecule has 2 amide bonds. The first-order valence-corrected chi connectivity index (χ1v) is 10.6. The molecule has 1 fully saturated rings. The zero-order valence-electron chi connectivity index (χ0n) is 17.6. The molecule has 2 aromatic carbocycles. The number of hydrogen-bond acceptors (Lipinski definition) is 4. The minimum Gasteiger partial charge on any atom is -0.360 e. The molecule has 0 aliphatic carbocycles.